The Balaban J connectivity index is 2.60. The molecule has 0 saturated carbocycles. The van der Waals surface area contributed by atoms with Crippen molar-refractivity contribution in [3.05, 3.63) is 35.9 Å². The molecule has 2 nitrogen and oxygen atoms in total. The topological polar surface area (TPSA) is 44.0 Å². The molecule has 2 atom stereocenters. The zero-order chi connectivity index (χ0) is 9.68. The van der Waals surface area contributed by atoms with Crippen LogP contribution in [0.4, 0.5) is 0 Å². The molecule has 0 saturated heterocycles. The number of hydrogen-bond acceptors (Lipinski definition) is 2. The van der Waals surface area contributed by atoms with E-state index in [1.807, 2.05) is 43.3 Å². The minimum Gasteiger partial charge on any atom is -0.378 e. The molecular weight excluding hydrogens is 162 g/mol. The molecule has 0 amide bonds. The SMILES string of the molecule is C[C@H](C[C@H](O)C#N)c1ccccc1. The van der Waals surface area contributed by atoms with Crippen molar-refractivity contribution < 1.29 is 5.11 Å². The molecule has 0 aliphatic carbocycles. The Morgan fingerprint density at radius 1 is 1.38 bits per heavy atom. The summed E-state index contributed by atoms with van der Waals surface area (Å²) >= 11 is 0. The Bertz CT molecular complexity index is 289. The number of hydrogen-bond donors (Lipinski definition) is 1. The van der Waals surface area contributed by atoms with E-state index in [0.29, 0.717) is 6.42 Å². The van der Waals surface area contributed by atoms with E-state index in [1.54, 1.807) is 0 Å². The minimum atomic E-state index is -0.852. The zero-order valence-corrected chi connectivity index (χ0v) is 7.64. The van der Waals surface area contributed by atoms with Crippen molar-refractivity contribution in [2.45, 2.75) is 25.4 Å². The molecule has 1 aromatic rings. The molecule has 1 N–H and O–H groups in total. The van der Waals surface area contributed by atoms with Gasteiger partial charge in [-0.25, -0.2) is 0 Å². The summed E-state index contributed by atoms with van der Waals surface area (Å²) in [6, 6.07) is 11.7. The average molecular weight is 175 g/mol. The summed E-state index contributed by atoms with van der Waals surface area (Å²) in [5.41, 5.74) is 1.16. The van der Waals surface area contributed by atoms with Gasteiger partial charge >= 0.3 is 0 Å². The second kappa shape index (κ2) is 4.64. The first-order chi connectivity index (χ1) is 6.24. The van der Waals surface area contributed by atoms with Crippen LogP contribution in [0.25, 0.3) is 0 Å². The summed E-state index contributed by atoms with van der Waals surface area (Å²) in [6.45, 7) is 2.01. The lowest BCUT2D eigenvalue weighted by Crippen LogP contribution is -2.07. The third kappa shape index (κ3) is 2.89. The van der Waals surface area contributed by atoms with Gasteiger partial charge in [0.05, 0.1) is 6.07 Å². The van der Waals surface area contributed by atoms with Gasteiger partial charge in [0, 0.05) is 0 Å². The molecule has 0 bridgehead atoms. The summed E-state index contributed by atoms with van der Waals surface area (Å²) < 4.78 is 0. The molecule has 0 fully saturated rings. The van der Waals surface area contributed by atoms with E-state index in [-0.39, 0.29) is 5.92 Å². The maximum Gasteiger partial charge on any atom is 0.141 e. The molecule has 0 spiro atoms. The highest BCUT2D eigenvalue weighted by molar-refractivity contribution is 5.19. The molecule has 68 valence electrons. The highest BCUT2D eigenvalue weighted by Gasteiger charge is 2.10. The van der Waals surface area contributed by atoms with E-state index < -0.39 is 6.10 Å². The quantitative estimate of drug-likeness (QED) is 0.714. The predicted octanol–water partition coefficient (Wildman–Crippen LogP) is 2.06. The predicted molar refractivity (Wildman–Crippen MR) is 51.1 cm³/mol. The molecule has 0 aromatic heterocycles. The second-order valence-electron chi connectivity index (χ2n) is 3.19. The number of aliphatic hydroxyl groups is 1. The van der Waals surface area contributed by atoms with Crippen molar-refractivity contribution in [2.75, 3.05) is 0 Å². The summed E-state index contributed by atoms with van der Waals surface area (Å²) in [7, 11) is 0. The van der Waals surface area contributed by atoms with Gasteiger partial charge in [0.15, 0.2) is 0 Å². The fourth-order valence-corrected chi connectivity index (χ4v) is 1.31. The molecular formula is C11H13NO. The van der Waals surface area contributed by atoms with Crippen molar-refractivity contribution in [3.8, 4) is 6.07 Å². The smallest absolute Gasteiger partial charge is 0.141 e. The van der Waals surface area contributed by atoms with Gasteiger partial charge in [-0.05, 0) is 17.9 Å². The minimum absolute atomic E-state index is 0.232. The zero-order valence-electron chi connectivity index (χ0n) is 7.64. The average Bonchev–Trinajstić information content (AvgIpc) is 2.19. The van der Waals surface area contributed by atoms with E-state index >= 15 is 0 Å². The Labute approximate surface area is 78.4 Å². The van der Waals surface area contributed by atoms with E-state index in [2.05, 4.69) is 0 Å². The fraction of sp³-hybridized carbons (Fsp3) is 0.364. The van der Waals surface area contributed by atoms with Crippen molar-refractivity contribution >= 4 is 0 Å². The maximum absolute atomic E-state index is 9.13. The van der Waals surface area contributed by atoms with E-state index in [4.69, 9.17) is 10.4 Å². The number of rotatable bonds is 3. The van der Waals surface area contributed by atoms with Crippen LogP contribution in [-0.4, -0.2) is 11.2 Å². The Morgan fingerprint density at radius 2 is 2.00 bits per heavy atom. The van der Waals surface area contributed by atoms with Crippen molar-refractivity contribution in [3.63, 3.8) is 0 Å². The summed E-state index contributed by atoms with van der Waals surface area (Å²) in [6.07, 6.45) is -0.351. The van der Waals surface area contributed by atoms with Crippen LogP contribution in [-0.2, 0) is 0 Å². The number of benzene rings is 1. The standard InChI is InChI=1S/C11H13NO/c1-9(7-11(13)8-12)10-5-3-2-4-6-10/h2-6,9,11,13H,7H2,1H3/t9-,11+/m1/s1. The third-order valence-electron chi connectivity index (χ3n) is 2.09. The first kappa shape index (κ1) is 9.76. The molecule has 1 rings (SSSR count). The third-order valence-corrected chi connectivity index (χ3v) is 2.09. The summed E-state index contributed by atoms with van der Waals surface area (Å²) in [4.78, 5) is 0. The molecule has 0 aliphatic heterocycles. The van der Waals surface area contributed by atoms with Crippen LogP contribution in [0.1, 0.15) is 24.8 Å². The Hall–Kier alpha value is -1.33. The van der Waals surface area contributed by atoms with Gasteiger partial charge < -0.3 is 5.11 Å². The monoisotopic (exact) mass is 175 g/mol. The van der Waals surface area contributed by atoms with Crippen molar-refractivity contribution in [1.82, 2.24) is 0 Å². The maximum atomic E-state index is 9.13. The van der Waals surface area contributed by atoms with Gasteiger partial charge in [0.2, 0.25) is 0 Å². The van der Waals surface area contributed by atoms with E-state index in [0.717, 1.165) is 5.56 Å². The first-order valence-electron chi connectivity index (χ1n) is 4.36. The van der Waals surface area contributed by atoms with Gasteiger partial charge in [-0.3, -0.25) is 0 Å². The highest BCUT2D eigenvalue weighted by Crippen LogP contribution is 2.19. The highest BCUT2D eigenvalue weighted by atomic mass is 16.3. The number of nitrogens with zero attached hydrogens (tertiary/aromatic N) is 1. The molecule has 0 radical (unpaired) electrons. The van der Waals surface area contributed by atoms with Gasteiger partial charge in [-0.15, -0.1) is 0 Å². The van der Waals surface area contributed by atoms with E-state index in [9.17, 15) is 0 Å². The Kier molecular flexibility index (Phi) is 3.48. The fourth-order valence-electron chi connectivity index (χ4n) is 1.31. The molecule has 13 heavy (non-hydrogen) atoms. The lowest BCUT2D eigenvalue weighted by Gasteiger charge is -2.11. The lowest BCUT2D eigenvalue weighted by molar-refractivity contribution is 0.211. The summed E-state index contributed by atoms with van der Waals surface area (Å²) in [5, 5.41) is 17.6. The van der Waals surface area contributed by atoms with Crippen molar-refractivity contribution in [2.24, 2.45) is 0 Å². The van der Waals surface area contributed by atoms with Crippen LogP contribution in [0.3, 0.4) is 0 Å². The number of aliphatic hydroxyl groups excluding tert-OH is 1. The van der Waals surface area contributed by atoms with Gasteiger partial charge in [0.25, 0.3) is 0 Å². The van der Waals surface area contributed by atoms with Crippen LogP contribution < -0.4 is 0 Å². The largest absolute Gasteiger partial charge is 0.378 e. The van der Waals surface area contributed by atoms with Crippen LogP contribution in [0.15, 0.2) is 30.3 Å². The van der Waals surface area contributed by atoms with Crippen LogP contribution in [0.5, 0.6) is 0 Å². The van der Waals surface area contributed by atoms with Crippen LogP contribution in [0, 0.1) is 11.3 Å². The van der Waals surface area contributed by atoms with Gasteiger partial charge in [0.1, 0.15) is 6.10 Å². The second-order valence-corrected chi connectivity index (χ2v) is 3.19. The van der Waals surface area contributed by atoms with Gasteiger partial charge in [-0.1, -0.05) is 37.3 Å². The Morgan fingerprint density at radius 3 is 2.54 bits per heavy atom. The van der Waals surface area contributed by atoms with Gasteiger partial charge in [-0.2, -0.15) is 5.26 Å². The van der Waals surface area contributed by atoms with Crippen molar-refractivity contribution in [1.29, 1.82) is 5.26 Å². The summed E-state index contributed by atoms with van der Waals surface area (Å²) in [5.74, 6) is 0.232. The molecule has 1 aromatic carbocycles. The molecule has 0 aliphatic rings. The molecule has 2 heteroatoms. The van der Waals surface area contributed by atoms with Crippen LogP contribution >= 0.6 is 0 Å². The molecule has 0 heterocycles. The van der Waals surface area contributed by atoms with Crippen LogP contribution in [0.2, 0.25) is 0 Å². The van der Waals surface area contributed by atoms with E-state index in [1.165, 1.54) is 0 Å². The first-order valence-corrected chi connectivity index (χ1v) is 4.36. The number of nitriles is 1. The molecule has 0 unspecified atom stereocenters. The lowest BCUT2D eigenvalue weighted by atomic mass is 9.95. The normalized spacial score (nSPS) is 14.5.